The maximum absolute atomic E-state index is 13.2. The molecule has 1 aromatic carbocycles. The van der Waals surface area contributed by atoms with Crippen LogP contribution in [-0.4, -0.2) is 469 Å². The molecule has 7 aliphatic rings. The Morgan fingerprint density at radius 3 is 1.33 bits per heavy atom. The van der Waals surface area contributed by atoms with Crippen molar-refractivity contribution in [3.8, 4) is 0 Å². The zero-order valence-electron chi connectivity index (χ0n) is 82.3. The number of ether oxygens (including phenoxy) is 31. The van der Waals surface area contributed by atoms with Gasteiger partial charge >= 0.3 is 5.97 Å². The van der Waals surface area contributed by atoms with Crippen LogP contribution >= 0.6 is 0 Å². The van der Waals surface area contributed by atoms with Crippen LogP contribution in [-0.2, 0) is 182 Å². The molecule has 44 heteroatoms. The van der Waals surface area contributed by atoms with E-state index in [2.05, 4.69) is 26.6 Å². The Morgan fingerprint density at radius 1 is 0.437 bits per heavy atom. The maximum Gasteiger partial charge on any atom is 0.305 e. The van der Waals surface area contributed by atoms with Gasteiger partial charge in [-0.15, -0.1) is 0 Å². The van der Waals surface area contributed by atoms with Crippen LogP contribution in [0.1, 0.15) is 77.7 Å². The fourth-order valence-corrected chi connectivity index (χ4v) is 17.5. The summed E-state index contributed by atoms with van der Waals surface area (Å²) in [6, 6.07) is 6.89. The molecule has 0 saturated carbocycles. The number of hydrogen-bond donors (Lipinski definition) is 6. The van der Waals surface area contributed by atoms with Crippen LogP contribution in [0.3, 0.4) is 0 Å². The van der Waals surface area contributed by atoms with Crippen molar-refractivity contribution in [3.05, 3.63) is 35.9 Å². The monoisotopic (exact) mass is 1940 g/mol. The number of piperidine rings is 2. The standard InChI is InChI=1S/C61H113NO32.C30H45N5O6/c1-36-42(91-60-55(76-15)49(70-9)44(38(89-60)32-65-4)85-31-30-83-27-26-81-23-22-79-19-18-62-41(63)35-84-29-28-82-25-24-80-21-20-64-3)47(68-7)54(75-14)59(87-36)94-46-40(34-67-6)90-61(56(77-16)51(46)72-11)92-43-37(2)86-58(53(74-13)48(43)69-8)93-45-39(33-66-5)88-57(78-17)52(73-12)50(45)71-10;1-2-14-32-29(40)24(18-22-7-4-3-5-8-22)34-30(41)25(19-27(37)38)33-28(39)23-9-6-17-35(20-23)26(36)11-10-21-12-15-31-16-13-21/h36-40,42-61H,18-35H2,1-17H3,(H,62,63);3-5,7-8,21,23-25,31H,2,6,9-20H2,1H3,(H,32,40)(H,33,39)(H,34,41)(H,37,38)/t36-,37+,38-,39-,40-,42-,43-,44-,45-,46-,47+,48+,49+,50+,51+,52-,53-,54-,55-,56-,57+,58+,59+,60-,61-;23-,24+,25+/m11/s1. The zero-order valence-corrected chi connectivity index (χ0v) is 82.3. The molecular weight excluding hydrogens is 1790 g/mol. The van der Waals surface area contributed by atoms with E-state index < -0.39 is 196 Å². The Hall–Kier alpha value is -5.24. The number of aliphatic carboxylic acids is 1. The number of rotatable bonds is 63. The molecule has 44 nitrogen and oxygen atoms in total. The van der Waals surface area contributed by atoms with Crippen LogP contribution < -0.4 is 26.6 Å². The Balaban J connectivity index is 0.000000502. The van der Waals surface area contributed by atoms with Crippen LogP contribution in [0.2, 0.25) is 0 Å². The van der Waals surface area contributed by atoms with E-state index in [1.807, 2.05) is 51.1 Å². The largest absolute Gasteiger partial charge is 0.481 e. The number of methoxy groups -OCH3 is 15. The van der Waals surface area contributed by atoms with Gasteiger partial charge in [-0.3, -0.25) is 28.8 Å². The summed E-state index contributed by atoms with van der Waals surface area (Å²) < 4.78 is 188. The Labute approximate surface area is 794 Å². The topological polar surface area (TPSA) is 472 Å². The van der Waals surface area contributed by atoms with Crippen LogP contribution in [0, 0.1) is 11.8 Å². The highest BCUT2D eigenvalue weighted by Gasteiger charge is 2.59. The molecule has 0 bridgehead atoms. The van der Waals surface area contributed by atoms with Crippen LogP contribution in [0.5, 0.6) is 0 Å². The molecule has 7 saturated heterocycles. The Bertz CT molecular complexity index is 3380. The van der Waals surface area contributed by atoms with Crippen LogP contribution in [0.4, 0.5) is 0 Å². The van der Waals surface area contributed by atoms with Crippen molar-refractivity contribution in [1.82, 2.24) is 31.5 Å². The third-order valence-electron chi connectivity index (χ3n) is 24.4. The lowest BCUT2D eigenvalue weighted by Gasteiger charge is -2.52. The summed E-state index contributed by atoms with van der Waals surface area (Å²) in [5.74, 6) is -3.04. The zero-order chi connectivity index (χ0) is 98.0. The summed E-state index contributed by atoms with van der Waals surface area (Å²) >= 11 is 0. The highest BCUT2D eigenvalue weighted by molar-refractivity contribution is 5.94. The first-order valence-electron chi connectivity index (χ1n) is 46.7. The van der Waals surface area contributed by atoms with Crippen molar-refractivity contribution in [2.24, 2.45) is 11.8 Å². The minimum Gasteiger partial charge on any atom is -0.481 e. The molecule has 0 spiro atoms. The average Bonchev–Trinajstić information content (AvgIpc) is 0.762. The maximum atomic E-state index is 13.2. The summed E-state index contributed by atoms with van der Waals surface area (Å²) in [4.78, 5) is 77.5. The second kappa shape index (κ2) is 65.8. The van der Waals surface area contributed by atoms with Crippen molar-refractivity contribution in [2.75, 3.05) is 258 Å². The molecule has 8 rings (SSSR count). The van der Waals surface area contributed by atoms with Gasteiger partial charge in [-0.1, -0.05) is 37.3 Å². The fraction of sp³-hybridized carbons (Fsp3) is 0.868. The average molecular weight is 1940 g/mol. The van der Waals surface area contributed by atoms with Gasteiger partial charge in [0.2, 0.25) is 29.5 Å². The SMILES string of the molecule is CCCNC(=O)[C@H](Cc1ccccc1)NC(=O)[C@H](CC(=O)O)NC(=O)[C@@H]1CCCN(C(=O)CCC2CCNCC2)C1.COCCOCCOCCOCC(=O)NCCOCCOCCOCCO[C@H]1[C@H](OC)[C@@H](OC)[C@@H](O[C@H]2[C@H](OC)[C@@H](OC)[C@H](O[C@H]3[C@H](OC)[C@@H](OC)[C@@H](O[C@H]4[C@H](OC)[C@@H](OC)[C@H](O[C@H]5[C@H](OC)[C@@H](OC)[C@@H](OC)O[C@@H]5COC)O[C@H]4C)O[C@@H]3COC)O[C@@H]2C)O[C@@H]1COC. The summed E-state index contributed by atoms with van der Waals surface area (Å²) in [5.41, 5.74) is 0.829. The van der Waals surface area contributed by atoms with E-state index in [1.54, 1.807) is 61.8 Å². The normalized spacial score (nSPS) is 31.2. The first-order chi connectivity index (χ1) is 65.6. The molecule has 7 aliphatic heterocycles. The number of carbonyl (C=O) groups excluding carboxylic acids is 5. The van der Waals surface area contributed by atoms with Crippen molar-refractivity contribution in [1.29, 1.82) is 0 Å². The smallest absolute Gasteiger partial charge is 0.305 e. The van der Waals surface area contributed by atoms with E-state index in [1.165, 1.54) is 49.8 Å². The summed E-state index contributed by atoms with van der Waals surface area (Å²) in [7, 11) is 23.2. The molecule has 0 aliphatic carbocycles. The third-order valence-corrected chi connectivity index (χ3v) is 24.4. The quantitative estimate of drug-likeness (QED) is 0.0481. The van der Waals surface area contributed by atoms with E-state index in [9.17, 15) is 33.9 Å². The molecular formula is C91H158N6O38. The van der Waals surface area contributed by atoms with Gasteiger partial charge in [-0.2, -0.15) is 0 Å². The van der Waals surface area contributed by atoms with Gasteiger partial charge in [-0.25, -0.2) is 0 Å². The van der Waals surface area contributed by atoms with Gasteiger partial charge in [0.1, 0.15) is 129 Å². The van der Waals surface area contributed by atoms with Gasteiger partial charge in [0.05, 0.1) is 130 Å². The summed E-state index contributed by atoms with van der Waals surface area (Å²) in [5, 5.41) is 23.6. The van der Waals surface area contributed by atoms with Crippen molar-refractivity contribution in [3.63, 3.8) is 0 Å². The number of amides is 5. The van der Waals surface area contributed by atoms with Crippen LogP contribution in [0.15, 0.2) is 30.3 Å². The number of carbonyl (C=O) groups is 6. The first-order valence-corrected chi connectivity index (χ1v) is 46.7. The molecule has 7 heterocycles. The second-order valence-corrected chi connectivity index (χ2v) is 33.5. The lowest BCUT2D eigenvalue weighted by atomic mass is 9.92. The molecule has 0 unspecified atom stereocenters. The van der Waals surface area contributed by atoms with Crippen LogP contribution in [0.25, 0.3) is 0 Å². The molecule has 1 aromatic rings. The molecule has 0 radical (unpaired) electrons. The number of nitrogens with zero attached hydrogens (tertiary/aromatic N) is 1. The number of carboxylic acids is 1. The van der Waals surface area contributed by atoms with Gasteiger partial charge in [0, 0.05) is 146 Å². The molecule has 5 amide bonds. The molecule has 28 atom stereocenters. The third kappa shape index (κ3) is 36.9. The summed E-state index contributed by atoms with van der Waals surface area (Å²) in [6.07, 6.45) is -15.5. The summed E-state index contributed by atoms with van der Waals surface area (Å²) in [6.45, 7) is 14.1. The lowest BCUT2D eigenvalue weighted by Crippen LogP contribution is -2.68. The van der Waals surface area contributed by atoms with Gasteiger partial charge in [0.25, 0.3) is 0 Å². The van der Waals surface area contributed by atoms with E-state index in [4.69, 9.17) is 147 Å². The molecule has 6 N–H and O–H groups in total. The first kappa shape index (κ1) is 117. The van der Waals surface area contributed by atoms with Crippen molar-refractivity contribution >= 4 is 35.5 Å². The Kier molecular flexibility index (Phi) is 56.9. The predicted molar refractivity (Wildman–Crippen MR) is 478 cm³/mol. The van der Waals surface area contributed by atoms with E-state index in [-0.39, 0.29) is 70.3 Å². The van der Waals surface area contributed by atoms with E-state index >= 15 is 0 Å². The van der Waals surface area contributed by atoms with E-state index in [0.29, 0.717) is 124 Å². The minimum atomic E-state index is -1.36. The highest BCUT2D eigenvalue weighted by atomic mass is 16.8. The van der Waals surface area contributed by atoms with Gasteiger partial charge in [0.15, 0.2) is 31.5 Å². The number of benzene rings is 1. The molecule has 780 valence electrons. The van der Waals surface area contributed by atoms with Gasteiger partial charge in [-0.05, 0) is 76.9 Å². The second-order valence-electron chi connectivity index (χ2n) is 33.5. The lowest BCUT2D eigenvalue weighted by molar-refractivity contribution is -0.396. The Morgan fingerprint density at radius 2 is 0.867 bits per heavy atom. The van der Waals surface area contributed by atoms with Crippen molar-refractivity contribution < 1.29 is 181 Å². The minimum absolute atomic E-state index is 0.0292. The number of nitrogens with one attached hydrogen (secondary N) is 5. The van der Waals surface area contributed by atoms with Gasteiger partial charge < -0.3 is 183 Å². The molecule has 7 fully saturated rings. The number of likely N-dealkylation sites (tertiary alicyclic amines) is 1. The predicted octanol–water partition coefficient (Wildman–Crippen LogP) is 0.392. The molecule has 135 heavy (non-hydrogen) atoms. The molecule has 0 aromatic heterocycles. The van der Waals surface area contributed by atoms with E-state index in [0.717, 1.165) is 37.9 Å². The highest BCUT2D eigenvalue weighted by Crippen LogP contribution is 2.40. The number of carboxylic acid groups (broad SMARTS) is 1. The van der Waals surface area contributed by atoms with Crippen molar-refractivity contribution in [2.45, 2.75) is 244 Å². The fourth-order valence-electron chi connectivity index (χ4n) is 17.5. The number of hydrogen-bond acceptors (Lipinski definition) is 38.